The molecular formula is C25H24ClN5O3. The van der Waals surface area contributed by atoms with Crippen molar-refractivity contribution in [2.45, 2.75) is 51.0 Å². The first kappa shape index (κ1) is 21.3. The Hall–Kier alpha value is -3.23. The summed E-state index contributed by atoms with van der Waals surface area (Å²) in [5.74, 6) is 0.756. The highest BCUT2D eigenvalue weighted by atomic mass is 35.5. The van der Waals surface area contributed by atoms with E-state index in [1.54, 1.807) is 17.0 Å². The summed E-state index contributed by atoms with van der Waals surface area (Å²) >= 11 is 6.13. The van der Waals surface area contributed by atoms with Crippen LogP contribution in [0.25, 0.3) is 16.7 Å². The lowest BCUT2D eigenvalue weighted by molar-refractivity contribution is 0.0989. The number of aromatic amines is 1. The maximum Gasteiger partial charge on any atom is 0.294 e. The van der Waals surface area contributed by atoms with E-state index in [1.165, 1.54) is 0 Å². The van der Waals surface area contributed by atoms with Crippen molar-refractivity contribution < 1.29 is 9.90 Å². The molecule has 9 heteroatoms. The molecule has 8 nitrogen and oxygen atoms in total. The highest BCUT2D eigenvalue weighted by Crippen LogP contribution is 2.34. The molecule has 0 spiro atoms. The largest absolute Gasteiger partial charge is 0.393 e. The summed E-state index contributed by atoms with van der Waals surface area (Å²) in [4.78, 5) is 31.0. The molecule has 0 bridgehead atoms. The third kappa shape index (κ3) is 3.32. The Morgan fingerprint density at radius 1 is 1.15 bits per heavy atom. The lowest BCUT2D eigenvalue weighted by atomic mass is 9.87. The Balaban J connectivity index is 1.46. The zero-order chi connectivity index (χ0) is 23.6. The number of halogens is 1. The summed E-state index contributed by atoms with van der Waals surface area (Å²) in [6.45, 7) is 2.49. The molecule has 4 aromatic rings. The van der Waals surface area contributed by atoms with Crippen LogP contribution in [0.4, 0.5) is 5.69 Å². The van der Waals surface area contributed by atoms with Gasteiger partial charge in [0.1, 0.15) is 5.82 Å². The maximum absolute atomic E-state index is 13.5. The fourth-order valence-corrected chi connectivity index (χ4v) is 5.59. The summed E-state index contributed by atoms with van der Waals surface area (Å²) in [6.07, 6.45) is 3.49. The summed E-state index contributed by atoms with van der Waals surface area (Å²) in [5, 5.41) is 19.1. The van der Waals surface area contributed by atoms with Crippen LogP contribution in [0.15, 0.2) is 35.1 Å². The normalized spacial score (nSPS) is 20.3. The average molecular weight is 478 g/mol. The molecule has 0 radical (unpaired) electrons. The van der Waals surface area contributed by atoms with Crippen molar-refractivity contribution in [1.29, 1.82) is 0 Å². The summed E-state index contributed by atoms with van der Waals surface area (Å²) in [6, 6.07) is 9.27. The SMILES string of the molecule is Cc1cc2c(cc1C(=O)N1CCc3cc(Cl)ccc31)[nH]c(=O)c1nnc([C@H]3CC[C@@H](O)CC3)n12. The number of nitrogens with one attached hydrogen (secondary N) is 1. The highest BCUT2D eigenvalue weighted by molar-refractivity contribution is 6.30. The first-order valence-electron chi connectivity index (χ1n) is 11.6. The van der Waals surface area contributed by atoms with Crippen LogP contribution >= 0.6 is 11.6 Å². The smallest absolute Gasteiger partial charge is 0.294 e. The Bertz CT molecular complexity index is 1520. The molecule has 0 saturated heterocycles. The van der Waals surface area contributed by atoms with E-state index in [2.05, 4.69) is 15.2 Å². The quantitative estimate of drug-likeness (QED) is 0.457. The first-order valence-corrected chi connectivity index (χ1v) is 12.0. The number of aryl methyl sites for hydroxylation is 1. The van der Waals surface area contributed by atoms with Crippen LogP contribution in [-0.2, 0) is 6.42 Å². The van der Waals surface area contributed by atoms with Gasteiger partial charge in [-0.1, -0.05) is 11.6 Å². The fraction of sp³-hybridized carbons (Fsp3) is 0.360. The molecule has 1 fully saturated rings. The minimum absolute atomic E-state index is 0.105. The third-order valence-electron chi connectivity index (χ3n) is 7.20. The van der Waals surface area contributed by atoms with Crippen molar-refractivity contribution in [1.82, 2.24) is 19.6 Å². The molecule has 0 atom stereocenters. The van der Waals surface area contributed by atoms with Crippen molar-refractivity contribution in [2.75, 3.05) is 11.4 Å². The van der Waals surface area contributed by atoms with Crippen molar-refractivity contribution >= 4 is 39.9 Å². The van der Waals surface area contributed by atoms with Gasteiger partial charge in [-0.05, 0) is 80.5 Å². The molecule has 34 heavy (non-hydrogen) atoms. The molecule has 6 rings (SSSR count). The second-order valence-corrected chi connectivity index (χ2v) is 9.78. The molecule has 1 saturated carbocycles. The number of aliphatic hydroxyl groups is 1. The molecule has 2 N–H and O–H groups in total. The Labute approximate surface area is 200 Å². The van der Waals surface area contributed by atoms with E-state index in [1.807, 2.05) is 29.5 Å². The van der Waals surface area contributed by atoms with E-state index in [0.29, 0.717) is 35.5 Å². The van der Waals surface area contributed by atoms with E-state index in [9.17, 15) is 14.7 Å². The van der Waals surface area contributed by atoms with Crippen LogP contribution in [0, 0.1) is 6.92 Å². The predicted molar refractivity (Wildman–Crippen MR) is 130 cm³/mol. The molecule has 1 aliphatic heterocycles. The second kappa shape index (κ2) is 7.92. The Morgan fingerprint density at radius 2 is 1.94 bits per heavy atom. The van der Waals surface area contributed by atoms with Crippen LogP contribution in [0.1, 0.15) is 58.9 Å². The molecule has 2 aromatic heterocycles. The molecule has 174 valence electrons. The van der Waals surface area contributed by atoms with E-state index < -0.39 is 0 Å². The lowest BCUT2D eigenvalue weighted by Gasteiger charge is -2.24. The molecule has 3 heterocycles. The van der Waals surface area contributed by atoms with Gasteiger partial charge >= 0.3 is 0 Å². The van der Waals surface area contributed by atoms with Gasteiger partial charge in [-0.3, -0.25) is 14.0 Å². The summed E-state index contributed by atoms with van der Waals surface area (Å²) in [7, 11) is 0. The standard InChI is InChI=1S/C25H24ClN5O3/c1-13-10-21-19(12-18(13)25(34)30-9-8-15-11-16(26)4-7-20(15)30)27-24(33)23-29-28-22(31(21)23)14-2-5-17(32)6-3-14/h4,7,10-12,14,17,32H,2-3,5-6,8-9H2,1H3,(H,27,33)/t14-,17+. The minimum atomic E-state index is -0.342. The first-order chi connectivity index (χ1) is 16.4. The van der Waals surface area contributed by atoms with Crippen LogP contribution in [0.2, 0.25) is 5.02 Å². The monoisotopic (exact) mass is 477 g/mol. The van der Waals surface area contributed by atoms with Crippen molar-refractivity contribution in [3.63, 3.8) is 0 Å². The Kier molecular flexibility index (Phi) is 4.97. The summed E-state index contributed by atoms with van der Waals surface area (Å²) < 4.78 is 1.82. The minimum Gasteiger partial charge on any atom is -0.393 e. The number of hydrogen-bond acceptors (Lipinski definition) is 5. The summed E-state index contributed by atoms with van der Waals surface area (Å²) in [5.41, 5.74) is 4.53. The zero-order valence-corrected chi connectivity index (χ0v) is 19.5. The van der Waals surface area contributed by atoms with E-state index >= 15 is 0 Å². The number of amides is 1. The second-order valence-electron chi connectivity index (χ2n) is 9.34. The number of carbonyl (C=O) groups excluding carboxylic acids is 1. The van der Waals surface area contributed by atoms with Gasteiger partial charge in [0.25, 0.3) is 11.5 Å². The van der Waals surface area contributed by atoms with Gasteiger partial charge in [-0.2, -0.15) is 0 Å². The van der Waals surface area contributed by atoms with Gasteiger partial charge in [0.15, 0.2) is 0 Å². The van der Waals surface area contributed by atoms with Gasteiger partial charge in [-0.25, -0.2) is 0 Å². The van der Waals surface area contributed by atoms with Crippen LogP contribution in [-0.4, -0.2) is 43.2 Å². The molecular weight excluding hydrogens is 454 g/mol. The van der Waals surface area contributed by atoms with Crippen molar-refractivity contribution in [3.05, 3.63) is 68.2 Å². The number of benzene rings is 2. The maximum atomic E-state index is 13.5. The lowest BCUT2D eigenvalue weighted by Crippen LogP contribution is -2.29. The number of anilines is 1. The number of aliphatic hydroxyl groups excluding tert-OH is 1. The number of fused-ring (bicyclic) bond motifs is 4. The molecule has 1 amide bonds. The number of H-pyrrole nitrogens is 1. The van der Waals surface area contributed by atoms with Gasteiger partial charge in [0.05, 0.1) is 17.1 Å². The predicted octanol–water partition coefficient (Wildman–Crippen LogP) is 3.75. The molecule has 2 aliphatic rings. The van der Waals surface area contributed by atoms with Crippen LogP contribution in [0.5, 0.6) is 0 Å². The number of rotatable bonds is 2. The molecule has 0 unspecified atom stereocenters. The topological polar surface area (TPSA) is 104 Å². The van der Waals surface area contributed by atoms with Gasteiger partial charge in [-0.15, -0.1) is 10.2 Å². The molecule has 2 aromatic carbocycles. The molecule has 1 aliphatic carbocycles. The third-order valence-corrected chi connectivity index (χ3v) is 7.43. The zero-order valence-electron chi connectivity index (χ0n) is 18.7. The average Bonchev–Trinajstić information content (AvgIpc) is 3.44. The van der Waals surface area contributed by atoms with Gasteiger partial charge in [0, 0.05) is 28.7 Å². The van der Waals surface area contributed by atoms with Crippen molar-refractivity contribution in [3.8, 4) is 0 Å². The van der Waals surface area contributed by atoms with Crippen molar-refractivity contribution in [2.24, 2.45) is 0 Å². The number of carbonyl (C=O) groups is 1. The van der Waals surface area contributed by atoms with Gasteiger partial charge < -0.3 is 15.0 Å². The van der Waals surface area contributed by atoms with E-state index in [4.69, 9.17) is 11.6 Å². The van der Waals surface area contributed by atoms with Gasteiger partial charge in [0.2, 0.25) is 5.65 Å². The Morgan fingerprint density at radius 3 is 2.74 bits per heavy atom. The number of hydrogen-bond donors (Lipinski definition) is 2. The fourth-order valence-electron chi connectivity index (χ4n) is 5.39. The van der Waals surface area contributed by atoms with Crippen LogP contribution in [0.3, 0.4) is 0 Å². The van der Waals surface area contributed by atoms with E-state index in [0.717, 1.165) is 47.4 Å². The highest BCUT2D eigenvalue weighted by Gasteiger charge is 2.29. The van der Waals surface area contributed by atoms with E-state index in [-0.39, 0.29) is 29.1 Å². The number of aromatic nitrogens is 4. The number of nitrogens with zero attached hydrogens (tertiary/aromatic N) is 4. The van der Waals surface area contributed by atoms with Crippen LogP contribution < -0.4 is 10.5 Å².